The van der Waals surface area contributed by atoms with Crippen molar-refractivity contribution in [2.24, 2.45) is 11.3 Å². The quantitative estimate of drug-likeness (QED) is 0.177. The molecule has 3 aromatic rings. The van der Waals surface area contributed by atoms with Crippen molar-refractivity contribution >= 4 is 46.2 Å². The van der Waals surface area contributed by atoms with Crippen LogP contribution < -0.4 is 25.8 Å². The van der Waals surface area contributed by atoms with Crippen molar-refractivity contribution in [2.75, 3.05) is 63.3 Å². The van der Waals surface area contributed by atoms with E-state index in [1.54, 1.807) is 37.0 Å². The molecule has 3 saturated heterocycles. The number of likely N-dealkylation sites (tertiary alicyclic amines) is 1. The number of hydrogen-bond acceptors (Lipinski definition) is 10. The second-order valence-electron chi connectivity index (χ2n) is 15.5. The highest BCUT2D eigenvalue weighted by molar-refractivity contribution is 7.99. The number of hydrogen-bond donors (Lipinski definition) is 3. The number of ether oxygens (including phenoxy) is 2. The number of aldehydes is 1. The fourth-order valence-corrected chi connectivity index (χ4v) is 9.68. The summed E-state index contributed by atoms with van der Waals surface area (Å²) in [6.45, 7) is 5.67. The summed E-state index contributed by atoms with van der Waals surface area (Å²) in [4.78, 5) is 47.9. The first-order valence-electron chi connectivity index (χ1n) is 19.5. The summed E-state index contributed by atoms with van der Waals surface area (Å²) < 4.78 is 41.8. The summed E-state index contributed by atoms with van der Waals surface area (Å²) >= 11 is 1.75. The van der Waals surface area contributed by atoms with E-state index in [1.165, 1.54) is 25.0 Å². The van der Waals surface area contributed by atoms with Crippen LogP contribution in [0.3, 0.4) is 0 Å². The van der Waals surface area contributed by atoms with Crippen LogP contribution in [0.2, 0.25) is 0 Å². The minimum absolute atomic E-state index is 0.0316. The molecular formula is C40H52F2N6O5S. The van der Waals surface area contributed by atoms with Crippen LogP contribution in [0.15, 0.2) is 35.1 Å². The van der Waals surface area contributed by atoms with E-state index in [9.17, 15) is 14.4 Å². The molecule has 1 atom stereocenters. The lowest BCUT2D eigenvalue weighted by Gasteiger charge is -2.56. The number of piperidine rings is 2. The van der Waals surface area contributed by atoms with Gasteiger partial charge in [0, 0.05) is 68.9 Å². The van der Waals surface area contributed by atoms with Crippen LogP contribution in [-0.4, -0.2) is 97.4 Å². The second kappa shape index (κ2) is 17.4. The predicted octanol–water partition coefficient (Wildman–Crippen LogP) is 5.66. The summed E-state index contributed by atoms with van der Waals surface area (Å²) in [7, 11) is 1.56. The molecule has 14 heteroatoms. The van der Waals surface area contributed by atoms with Crippen LogP contribution in [0.5, 0.6) is 5.75 Å². The Morgan fingerprint density at radius 1 is 1.09 bits per heavy atom. The number of nitrogens with zero attached hydrogens (tertiary/aromatic N) is 3. The van der Waals surface area contributed by atoms with Gasteiger partial charge < -0.3 is 39.7 Å². The first-order chi connectivity index (χ1) is 26.2. The number of amides is 1. The molecule has 4 heterocycles. The molecule has 1 saturated carbocycles. The molecule has 0 radical (unpaired) electrons. The summed E-state index contributed by atoms with van der Waals surface area (Å²) in [5.74, 6) is 0.822. The Kier molecular flexibility index (Phi) is 12.4. The zero-order valence-electron chi connectivity index (χ0n) is 31.0. The Bertz CT molecular complexity index is 1830. The molecule has 54 heavy (non-hydrogen) atoms. The average molecular weight is 767 g/mol. The van der Waals surface area contributed by atoms with E-state index >= 15 is 8.78 Å². The third-order valence-electron chi connectivity index (χ3n) is 12.0. The van der Waals surface area contributed by atoms with Gasteiger partial charge in [0.05, 0.1) is 29.6 Å². The SMILES string of the molecule is CNC(=O)CCC(C=O)Nc1ccc(N2CCC3(CC2)CC(N2CCC(COc4cc(F)c5c(=O)[nH]c(CSC6CCOCC6)nc5c4)CC2)C3)c(F)c1. The monoisotopic (exact) mass is 766 g/mol. The molecule has 4 aliphatic rings. The molecule has 292 valence electrons. The van der Waals surface area contributed by atoms with Gasteiger partial charge in [0.25, 0.3) is 5.56 Å². The Morgan fingerprint density at radius 3 is 2.56 bits per heavy atom. The standard InChI is InChI=1S/C40H52F2N6O5S/c1-43-37(50)5-3-28(23-49)44-27-2-4-35(32(41)18-27)48-14-10-40(11-15-48)21-29(22-40)47-12-6-26(7-13-47)24-53-30-19-33(42)38-34(20-30)45-36(46-39(38)51)25-54-31-8-16-52-17-9-31/h2,4,18-20,23,26,28-29,31,44H,3,5-17,21-22,24-25H2,1H3,(H,43,50)(H,45,46,51). The number of H-pyrrole nitrogens is 1. The molecule has 7 rings (SSSR count). The molecule has 1 aliphatic carbocycles. The third-order valence-corrected chi connectivity index (χ3v) is 13.4. The van der Waals surface area contributed by atoms with Gasteiger partial charge in [-0.3, -0.25) is 9.59 Å². The van der Waals surface area contributed by atoms with Gasteiger partial charge in [-0.25, -0.2) is 13.8 Å². The number of nitrogens with one attached hydrogen (secondary N) is 3. The van der Waals surface area contributed by atoms with Crippen molar-refractivity contribution in [3.05, 3.63) is 58.1 Å². The van der Waals surface area contributed by atoms with Crippen molar-refractivity contribution in [1.82, 2.24) is 20.2 Å². The number of anilines is 2. The van der Waals surface area contributed by atoms with Crippen molar-refractivity contribution in [1.29, 1.82) is 0 Å². The molecule has 3 aliphatic heterocycles. The zero-order chi connectivity index (χ0) is 37.7. The molecule has 4 fully saturated rings. The number of fused-ring (bicyclic) bond motifs is 1. The highest BCUT2D eigenvalue weighted by atomic mass is 32.2. The van der Waals surface area contributed by atoms with Gasteiger partial charge >= 0.3 is 0 Å². The molecule has 3 N–H and O–H groups in total. The van der Waals surface area contributed by atoms with Gasteiger partial charge in [0.2, 0.25) is 5.91 Å². The Morgan fingerprint density at radius 2 is 1.85 bits per heavy atom. The number of aromatic nitrogens is 2. The van der Waals surface area contributed by atoms with Gasteiger partial charge in [0.1, 0.15) is 34.9 Å². The number of benzene rings is 2. The molecule has 1 aromatic heterocycles. The van der Waals surface area contributed by atoms with Crippen LogP contribution in [0.4, 0.5) is 20.2 Å². The van der Waals surface area contributed by atoms with Crippen molar-refractivity contribution in [2.45, 2.75) is 87.3 Å². The number of halogens is 2. The van der Waals surface area contributed by atoms with Gasteiger partial charge in [-0.15, -0.1) is 0 Å². The maximum absolute atomic E-state index is 15.2. The zero-order valence-corrected chi connectivity index (χ0v) is 31.9. The first-order valence-corrected chi connectivity index (χ1v) is 20.5. The molecule has 1 spiro atoms. The summed E-state index contributed by atoms with van der Waals surface area (Å²) in [5, 5.41) is 6.02. The minimum atomic E-state index is -0.615. The highest BCUT2D eigenvalue weighted by Crippen LogP contribution is 2.52. The van der Waals surface area contributed by atoms with Crippen LogP contribution in [0.1, 0.15) is 70.0 Å². The average Bonchev–Trinajstić information content (AvgIpc) is 3.17. The molecule has 2 aromatic carbocycles. The largest absolute Gasteiger partial charge is 0.493 e. The van der Waals surface area contributed by atoms with Crippen LogP contribution >= 0.6 is 11.8 Å². The number of carbonyl (C=O) groups excluding carboxylic acids is 2. The Labute approximate surface area is 319 Å². The minimum Gasteiger partial charge on any atom is -0.493 e. The first kappa shape index (κ1) is 38.5. The highest BCUT2D eigenvalue weighted by Gasteiger charge is 2.48. The normalized spacial score (nSPS) is 20.5. The fraction of sp³-hybridized carbons (Fsp3) is 0.600. The number of aromatic amines is 1. The summed E-state index contributed by atoms with van der Waals surface area (Å²) in [6.07, 6.45) is 9.73. The van der Waals surface area contributed by atoms with Gasteiger partial charge in [-0.2, -0.15) is 11.8 Å². The van der Waals surface area contributed by atoms with E-state index < -0.39 is 17.4 Å². The number of rotatable bonds is 14. The Balaban J connectivity index is 0.840. The fourth-order valence-electron chi connectivity index (χ4n) is 8.62. The molecule has 0 bridgehead atoms. The number of thioether (sulfide) groups is 1. The molecule has 11 nitrogen and oxygen atoms in total. The maximum Gasteiger partial charge on any atom is 0.261 e. The van der Waals surface area contributed by atoms with Crippen LogP contribution in [-0.2, 0) is 20.1 Å². The van der Waals surface area contributed by atoms with Crippen LogP contribution in [0, 0.1) is 23.0 Å². The third kappa shape index (κ3) is 9.19. The smallest absolute Gasteiger partial charge is 0.261 e. The summed E-state index contributed by atoms with van der Waals surface area (Å²) in [5.41, 5.74) is 1.30. The van der Waals surface area contributed by atoms with Crippen LogP contribution in [0.25, 0.3) is 10.9 Å². The molecule has 1 amide bonds. The molecular weight excluding hydrogens is 715 g/mol. The van der Waals surface area contributed by atoms with E-state index in [4.69, 9.17) is 9.47 Å². The molecule has 1 unspecified atom stereocenters. The lowest BCUT2D eigenvalue weighted by atomic mass is 9.59. The maximum atomic E-state index is 15.2. The topological polar surface area (TPSA) is 129 Å². The van der Waals surface area contributed by atoms with Gasteiger partial charge in [-0.1, -0.05) is 0 Å². The number of carbonyl (C=O) groups is 2. The lowest BCUT2D eigenvalue weighted by molar-refractivity contribution is -0.120. The van der Waals surface area contributed by atoms with E-state index in [1.807, 2.05) is 0 Å². The van der Waals surface area contributed by atoms with Crippen molar-refractivity contribution < 1.29 is 27.8 Å². The lowest BCUT2D eigenvalue weighted by Crippen LogP contribution is -2.56. The van der Waals surface area contributed by atoms with E-state index in [-0.39, 0.29) is 23.5 Å². The van der Waals surface area contributed by atoms with E-state index in [0.29, 0.717) is 69.9 Å². The van der Waals surface area contributed by atoms with Gasteiger partial charge in [-0.05, 0) is 100 Å². The van der Waals surface area contributed by atoms with Crippen molar-refractivity contribution in [3.8, 4) is 5.75 Å². The Hall–Kier alpha value is -3.75. The van der Waals surface area contributed by atoms with Gasteiger partial charge in [0.15, 0.2) is 0 Å². The van der Waals surface area contributed by atoms with E-state index in [2.05, 4.69) is 30.4 Å². The second-order valence-corrected chi connectivity index (χ2v) is 16.8. The summed E-state index contributed by atoms with van der Waals surface area (Å²) in [6, 6.07) is 8.03. The predicted molar refractivity (Wildman–Crippen MR) is 207 cm³/mol. The van der Waals surface area contributed by atoms with E-state index in [0.717, 1.165) is 84.2 Å². The van der Waals surface area contributed by atoms with Crippen molar-refractivity contribution in [3.63, 3.8) is 0 Å².